The van der Waals surface area contributed by atoms with E-state index in [9.17, 15) is 0 Å². The molecule has 0 saturated carbocycles. The van der Waals surface area contributed by atoms with Crippen molar-refractivity contribution in [3.05, 3.63) is 35.4 Å². The molecule has 1 aromatic heterocycles. The van der Waals surface area contributed by atoms with Gasteiger partial charge >= 0.3 is 0 Å². The zero-order valence-corrected chi connectivity index (χ0v) is 9.75. The Morgan fingerprint density at radius 1 is 1.19 bits per heavy atom. The zero-order chi connectivity index (χ0) is 11.5. The minimum absolute atomic E-state index is 0.544. The molecule has 0 amide bonds. The van der Waals surface area contributed by atoms with E-state index in [1.165, 1.54) is 16.7 Å². The molecular formula is C13H17N3. The van der Waals surface area contributed by atoms with Gasteiger partial charge in [-0.1, -0.05) is 32.0 Å². The number of aromatic amines is 1. The van der Waals surface area contributed by atoms with E-state index in [0.29, 0.717) is 5.82 Å². The van der Waals surface area contributed by atoms with Gasteiger partial charge in [0.25, 0.3) is 0 Å². The maximum absolute atomic E-state index is 5.66. The Balaban J connectivity index is 2.60. The number of anilines is 1. The van der Waals surface area contributed by atoms with Gasteiger partial charge in [0, 0.05) is 11.6 Å². The average molecular weight is 215 g/mol. The lowest BCUT2D eigenvalue weighted by atomic mass is 9.95. The molecule has 0 unspecified atom stereocenters. The van der Waals surface area contributed by atoms with Gasteiger partial charge in [-0.3, -0.25) is 5.10 Å². The van der Waals surface area contributed by atoms with Gasteiger partial charge in [0.2, 0.25) is 0 Å². The third-order valence-electron chi connectivity index (χ3n) is 2.87. The summed E-state index contributed by atoms with van der Waals surface area (Å²) in [6, 6.07) is 8.32. The Labute approximate surface area is 95.7 Å². The first kappa shape index (κ1) is 10.7. The van der Waals surface area contributed by atoms with Gasteiger partial charge in [0.1, 0.15) is 5.82 Å². The van der Waals surface area contributed by atoms with Gasteiger partial charge in [-0.25, -0.2) is 0 Å². The molecule has 16 heavy (non-hydrogen) atoms. The van der Waals surface area contributed by atoms with Gasteiger partial charge in [-0.15, -0.1) is 0 Å². The van der Waals surface area contributed by atoms with Crippen molar-refractivity contribution in [2.45, 2.75) is 26.7 Å². The molecule has 0 aliphatic heterocycles. The van der Waals surface area contributed by atoms with Crippen LogP contribution in [0.5, 0.6) is 0 Å². The van der Waals surface area contributed by atoms with Crippen LogP contribution >= 0.6 is 0 Å². The fourth-order valence-corrected chi connectivity index (χ4v) is 2.05. The lowest BCUT2D eigenvalue weighted by Crippen LogP contribution is -1.94. The van der Waals surface area contributed by atoms with E-state index in [4.69, 9.17) is 5.73 Å². The maximum Gasteiger partial charge on any atom is 0.145 e. The summed E-state index contributed by atoms with van der Waals surface area (Å²) in [4.78, 5) is 0. The van der Waals surface area contributed by atoms with Crippen LogP contribution in [0.4, 0.5) is 5.82 Å². The Kier molecular flexibility index (Phi) is 2.95. The highest BCUT2D eigenvalue weighted by molar-refractivity contribution is 5.69. The normalized spacial score (nSPS) is 10.6. The van der Waals surface area contributed by atoms with Crippen molar-refractivity contribution >= 4 is 5.82 Å². The van der Waals surface area contributed by atoms with Crippen molar-refractivity contribution in [1.29, 1.82) is 0 Å². The lowest BCUT2D eigenvalue weighted by molar-refractivity contribution is 1.06. The molecule has 1 heterocycles. The number of aromatic nitrogens is 2. The standard InChI is InChI=1S/C13H17N3/c1-3-9-6-5-7-10(4-2)13(9)11-8-12(14)16-15-11/h5-8H,3-4H2,1-2H3,(H3,14,15,16). The lowest BCUT2D eigenvalue weighted by Gasteiger charge is -2.10. The van der Waals surface area contributed by atoms with E-state index in [1.54, 1.807) is 0 Å². The quantitative estimate of drug-likeness (QED) is 0.827. The molecule has 3 heteroatoms. The van der Waals surface area contributed by atoms with Crippen LogP contribution in [-0.4, -0.2) is 10.2 Å². The Bertz CT molecular complexity index is 463. The number of hydrogen-bond donors (Lipinski definition) is 2. The highest BCUT2D eigenvalue weighted by Gasteiger charge is 2.10. The summed E-state index contributed by atoms with van der Waals surface area (Å²) < 4.78 is 0. The fraction of sp³-hybridized carbons (Fsp3) is 0.308. The molecular weight excluding hydrogens is 198 g/mol. The summed E-state index contributed by atoms with van der Waals surface area (Å²) in [7, 11) is 0. The highest BCUT2D eigenvalue weighted by atomic mass is 15.2. The highest BCUT2D eigenvalue weighted by Crippen LogP contribution is 2.28. The van der Waals surface area contributed by atoms with Crippen molar-refractivity contribution in [3.8, 4) is 11.3 Å². The number of nitrogens with one attached hydrogen (secondary N) is 1. The number of nitrogens with zero attached hydrogens (tertiary/aromatic N) is 1. The molecule has 2 rings (SSSR count). The van der Waals surface area contributed by atoms with E-state index in [1.807, 2.05) is 6.07 Å². The molecule has 84 valence electrons. The SMILES string of the molecule is CCc1cccc(CC)c1-c1cc(N)n[nH]1. The van der Waals surface area contributed by atoms with Crippen LogP contribution in [0.1, 0.15) is 25.0 Å². The number of rotatable bonds is 3. The summed E-state index contributed by atoms with van der Waals surface area (Å²) >= 11 is 0. The average Bonchev–Trinajstić information content (AvgIpc) is 2.74. The van der Waals surface area contributed by atoms with Crippen molar-refractivity contribution in [2.24, 2.45) is 0 Å². The topological polar surface area (TPSA) is 54.7 Å². The molecule has 0 radical (unpaired) electrons. The molecule has 3 N–H and O–H groups in total. The van der Waals surface area contributed by atoms with E-state index < -0.39 is 0 Å². The summed E-state index contributed by atoms with van der Waals surface area (Å²) in [5, 5.41) is 6.99. The van der Waals surface area contributed by atoms with Crippen molar-refractivity contribution < 1.29 is 0 Å². The van der Waals surface area contributed by atoms with Crippen LogP contribution in [0, 0.1) is 0 Å². The van der Waals surface area contributed by atoms with E-state index in [-0.39, 0.29) is 0 Å². The van der Waals surface area contributed by atoms with Crippen molar-refractivity contribution in [2.75, 3.05) is 5.73 Å². The zero-order valence-electron chi connectivity index (χ0n) is 9.75. The fourth-order valence-electron chi connectivity index (χ4n) is 2.05. The molecule has 3 nitrogen and oxygen atoms in total. The number of nitrogens with two attached hydrogens (primary N) is 1. The monoisotopic (exact) mass is 215 g/mol. The van der Waals surface area contributed by atoms with E-state index in [2.05, 4.69) is 42.2 Å². The van der Waals surface area contributed by atoms with Crippen molar-refractivity contribution in [3.63, 3.8) is 0 Å². The van der Waals surface area contributed by atoms with Gasteiger partial charge in [0.15, 0.2) is 0 Å². The number of H-pyrrole nitrogens is 1. The van der Waals surface area contributed by atoms with Crippen LogP contribution < -0.4 is 5.73 Å². The predicted molar refractivity (Wildman–Crippen MR) is 67.2 cm³/mol. The minimum Gasteiger partial charge on any atom is -0.382 e. The summed E-state index contributed by atoms with van der Waals surface area (Å²) in [6.07, 6.45) is 2.03. The number of aryl methyl sites for hydroxylation is 2. The molecule has 0 aliphatic rings. The predicted octanol–water partition coefficient (Wildman–Crippen LogP) is 2.78. The second-order valence-electron chi connectivity index (χ2n) is 3.86. The Morgan fingerprint density at radius 3 is 2.25 bits per heavy atom. The molecule has 2 aromatic rings. The second kappa shape index (κ2) is 4.39. The number of benzene rings is 1. The smallest absolute Gasteiger partial charge is 0.145 e. The summed E-state index contributed by atoms with van der Waals surface area (Å²) in [5.74, 6) is 0.544. The molecule has 0 bridgehead atoms. The van der Waals surface area contributed by atoms with E-state index >= 15 is 0 Å². The van der Waals surface area contributed by atoms with E-state index in [0.717, 1.165) is 18.5 Å². The largest absolute Gasteiger partial charge is 0.382 e. The van der Waals surface area contributed by atoms with Crippen molar-refractivity contribution in [1.82, 2.24) is 10.2 Å². The first-order chi connectivity index (χ1) is 7.76. The van der Waals surface area contributed by atoms with Crippen LogP contribution in [0.2, 0.25) is 0 Å². The number of nitrogen functional groups attached to an aromatic ring is 1. The van der Waals surface area contributed by atoms with Crippen LogP contribution in [-0.2, 0) is 12.8 Å². The summed E-state index contributed by atoms with van der Waals surface area (Å²) in [6.45, 7) is 4.33. The Morgan fingerprint density at radius 2 is 1.81 bits per heavy atom. The molecule has 0 atom stereocenters. The third kappa shape index (κ3) is 1.81. The molecule has 0 saturated heterocycles. The molecule has 0 spiro atoms. The van der Waals surface area contributed by atoms with Crippen LogP contribution in [0.15, 0.2) is 24.3 Å². The molecule has 0 fully saturated rings. The molecule has 1 aromatic carbocycles. The van der Waals surface area contributed by atoms with Crippen LogP contribution in [0.3, 0.4) is 0 Å². The second-order valence-corrected chi connectivity index (χ2v) is 3.86. The molecule has 0 aliphatic carbocycles. The Hall–Kier alpha value is -1.77. The first-order valence-electron chi connectivity index (χ1n) is 5.68. The van der Waals surface area contributed by atoms with Gasteiger partial charge in [-0.2, -0.15) is 5.10 Å². The van der Waals surface area contributed by atoms with Crippen LogP contribution in [0.25, 0.3) is 11.3 Å². The third-order valence-corrected chi connectivity index (χ3v) is 2.87. The summed E-state index contributed by atoms with van der Waals surface area (Å²) in [5.41, 5.74) is 10.6. The van der Waals surface area contributed by atoms with Gasteiger partial charge in [0.05, 0.1) is 5.69 Å². The van der Waals surface area contributed by atoms with Gasteiger partial charge in [-0.05, 0) is 24.0 Å². The van der Waals surface area contributed by atoms with Gasteiger partial charge < -0.3 is 5.73 Å². The minimum atomic E-state index is 0.544. The first-order valence-corrected chi connectivity index (χ1v) is 5.68. The number of hydrogen-bond acceptors (Lipinski definition) is 2. The maximum atomic E-state index is 5.66.